The summed E-state index contributed by atoms with van der Waals surface area (Å²) in [6, 6.07) is 7.99. The quantitative estimate of drug-likeness (QED) is 0.468. The van der Waals surface area contributed by atoms with Crippen molar-refractivity contribution in [1.82, 2.24) is 0 Å². The Morgan fingerprint density at radius 3 is 2.00 bits per heavy atom. The van der Waals surface area contributed by atoms with Crippen LogP contribution in [0, 0.1) is 0 Å². The van der Waals surface area contributed by atoms with E-state index in [4.69, 9.17) is 0 Å². The number of carboxylic acids is 1. The van der Waals surface area contributed by atoms with Crippen molar-refractivity contribution in [3.63, 3.8) is 0 Å². The van der Waals surface area contributed by atoms with E-state index in [9.17, 15) is 15.0 Å². The number of carboxylic acid groups (broad SMARTS) is 1. The number of aromatic carboxylic acids is 1. The highest BCUT2D eigenvalue weighted by Gasteiger charge is 2.27. The second-order valence-electron chi connectivity index (χ2n) is 11.0. The molecule has 176 valence electrons. The lowest BCUT2D eigenvalue weighted by molar-refractivity contribution is -0.270. The van der Waals surface area contributed by atoms with Gasteiger partial charge in [0.05, 0.1) is 5.56 Å². The summed E-state index contributed by atoms with van der Waals surface area (Å²) in [4.78, 5) is 12.4. The third-order valence-corrected chi connectivity index (χ3v) is 6.23. The van der Waals surface area contributed by atoms with Crippen LogP contribution < -0.4 is 5.11 Å². The van der Waals surface area contributed by atoms with Crippen LogP contribution in [0.5, 0.6) is 5.75 Å². The molecule has 0 aliphatic heterocycles. The average Bonchev–Trinajstić information content (AvgIpc) is 2.69. The van der Waals surface area contributed by atoms with Crippen LogP contribution in [0.3, 0.4) is 0 Å². The molecule has 0 heterocycles. The van der Waals surface area contributed by atoms with Crippen molar-refractivity contribution in [3.05, 3.63) is 52.1 Å². The predicted molar refractivity (Wildman–Crippen MR) is 133 cm³/mol. The lowest BCUT2D eigenvalue weighted by atomic mass is 9.75. The van der Waals surface area contributed by atoms with Crippen LogP contribution in [0.1, 0.15) is 114 Å². The largest absolute Gasteiger partial charge is 0.872 e. The van der Waals surface area contributed by atoms with E-state index < -0.39 is 5.97 Å². The van der Waals surface area contributed by atoms with E-state index in [1.165, 1.54) is 5.56 Å². The highest BCUT2D eigenvalue weighted by molar-refractivity contribution is 5.99. The molecule has 0 atom stereocenters. The van der Waals surface area contributed by atoms with Crippen LogP contribution >= 0.6 is 0 Å². The molecule has 2 aromatic rings. The molecule has 2 rings (SSSR count). The van der Waals surface area contributed by atoms with Crippen LogP contribution in [-0.4, -0.2) is 11.1 Å². The van der Waals surface area contributed by atoms with Crippen molar-refractivity contribution in [2.24, 2.45) is 0 Å². The first-order chi connectivity index (χ1) is 14.8. The van der Waals surface area contributed by atoms with Gasteiger partial charge in [-0.15, -0.1) is 5.75 Å². The number of rotatable bonds is 8. The smallest absolute Gasteiger partial charge is 0.336 e. The van der Waals surface area contributed by atoms with Crippen LogP contribution in [0.25, 0.3) is 11.1 Å². The summed E-state index contributed by atoms with van der Waals surface area (Å²) in [5.41, 5.74) is 5.16. The fourth-order valence-electron chi connectivity index (χ4n) is 4.25. The second-order valence-corrected chi connectivity index (χ2v) is 11.0. The van der Waals surface area contributed by atoms with E-state index in [-0.39, 0.29) is 22.1 Å². The molecule has 3 heteroatoms. The van der Waals surface area contributed by atoms with Crippen molar-refractivity contribution in [1.29, 1.82) is 0 Å². The van der Waals surface area contributed by atoms with Crippen molar-refractivity contribution in [2.45, 2.75) is 105 Å². The third kappa shape index (κ3) is 5.74. The first kappa shape index (κ1) is 26.0. The number of hydrogen-bond acceptors (Lipinski definition) is 2. The van der Waals surface area contributed by atoms with Gasteiger partial charge in [-0.25, -0.2) is 4.79 Å². The second kappa shape index (κ2) is 10.1. The van der Waals surface area contributed by atoms with Gasteiger partial charge in [-0.2, -0.15) is 0 Å². The molecular formula is C29H41O3-. The minimum absolute atomic E-state index is 0.0209. The Morgan fingerprint density at radius 1 is 0.906 bits per heavy atom. The number of hydrogen-bond donors (Lipinski definition) is 1. The van der Waals surface area contributed by atoms with Crippen molar-refractivity contribution >= 4 is 5.97 Å². The van der Waals surface area contributed by atoms with Gasteiger partial charge in [0.1, 0.15) is 0 Å². The van der Waals surface area contributed by atoms with Gasteiger partial charge in [-0.3, -0.25) is 0 Å². The first-order valence-corrected chi connectivity index (χ1v) is 12.1. The highest BCUT2D eigenvalue weighted by Crippen LogP contribution is 2.42. The lowest BCUT2D eigenvalue weighted by Gasteiger charge is -2.31. The number of carbonyl (C=O) groups is 1. The van der Waals surface area contributed by atoms with Crippen LogP contribution in [0.15, 0.2) is 24.3 Å². The molecule has 0 saturated carbocycles. The molecule has 2 aromatic carbocycles. The summed E-state index contributed by atoms with van der Waals surface area (Å²) in [5.74, 6) is -0.929. The van der Waals surface area contributed by atoms with Crippen LogP contribution in [-0.2, 0) is 23.7 Å². The Morgan fingerprint density at radius 2 is 1.50 bits per heavy atom. The SMILES string of the molecule is CCCCc1cc(C(=O)O)c(-c2ccc(C(C)(C)C)cc2C(C)(C)C)c(CCCC)c1[O-]. The van der Waals surface area contributed by atoms with Crippen LogP contribution in [0.2, 0.25) is 0 Å². The van der Waals surface area contributed by atoms with E-state index in [1.54, 1.807) is 6.07 Å². The summed E-state index contributed by atoms with van der Waals surface area (Å²) in [6.07, 6.45) is 4.91. The minimum Gasteiger partial charge on any atom is -0.872 e. The van der Waals surface area contributed by atoms with Gasteiger partial charge in [0, 0.05) is 0 Å². The van der Waals surface area contributed by atoms with Gasteiger partial charge in [0.15, 0.2) is 0 Å². The topological polar surface area (TPSA) is 60.4 Å². The zero-order valence-electron chi connectivity index (χ0n) is 21.3. The normalized spacial score (nSPS) is 12.2. The fraction of sp³-hybridized carbons (Fsp3) is 0.552. The first-order valence-electron chi connectivity index (χ1n) is 12.1. The zero-order chi connectivity index (χ0) is 24.3. The highest BCUT2D eigenvalue weighted by atomic mass is 16.4. The maximum Gasteiger partial charge on any atom is 0.336 e. The third-order valence-electron chi connectivity index (χ3n) is 6.23. The van der Waals surface area contributed by atoms with Gasteiger partial charge in [-0.1, -0.05) is 92.0 Å². The molecule has 0 spiro atoms. The minimum atomic E-state index is -0.963. The summed E-state index contributed by atoms with van der Waals surface area (Å²) in [5, 5.41) is 23.7. The van der Waals surface area contributed by atoms with Crippen molar-refractivity contribution < 1.29 is 15.0 Å². The van der Waals surface area contributed by atoms with Crippen molar-refractivity contribution in [3.8, 4) is 16.9 Å². The molecule has 32 heavy (non-hydrogen) atoms. The van der Waals surface area contributed by atoms with E-state index in [0.29, 0.717) is 29.5 Å². The van der Waals surface area contributed by atoms with E-state index in [2.05, 4.69) is 67.5 Å². The lowest BCUT2D eigenvalue weighted by Crippen LogP contribution is -2.19. The Kier molecular flexibility index (Phi) is 8.20. The molecule has 1 N–H and O–H groups in total. The molecule has 3 nitrogen and oxygen atoms in total. The van der Waals surface area contributed by atoms with E-state index in [0.717, 1.165) is 36.8 Å². The number of unbranched alkanes of at least 4 members (excludes halogenated alkanes) is 2. The Bertz CT molecular complexity index is 956. The molecule has 0 aromatic heterocycles. The maximum atomic E-state index is 13.5. The Balaban J connectivity index is 2.94. The van der Waals surface area contributed by atoms with Gasteiger partial charge < -0.3 is 10.2 Å². The molecule has 0 unspecified atom stereocenters. The monoisotopic (exact) mass is 437 g/mol. The number of benzene rings is 2. The number of aryl methyl sites for hydroxylation is 1. The molecule has 0 saturated heterocycles. The predicted octanol–water partition coefficient (Wildman–Crippen LogP) is 7.41. The molecule has 0 aliphatic rings. The summed E-state index contributed by atoms with van der Waals surface area (Å²) in [7, 11) is 0. The molecule has 0 amide bonds. The van der Waals surface area contributed by atoms with Gasteiger partial charge in [0.2, 0.25) is 0 Å². The fourth-order valence-corrected chi connectivity index (χ4v) is 4.25. The average molecular weight is 438 g/mol. The standard InChI is InChI=1S/C29H42O3/c1-9-11-13-19-17-23(27(31)32)25(22(26(19)30)14-12-10-2)21-16-15-20(28(3,4)5)18-24(21)29(6,7)8/h15-18,30H,9-14H2,1-8H3,(H,31,32)/p-1. The molecule has 0 aliphatic carbocycles. The van der Waals surface area contributed by atoms with Gasteiger partial charge in [0.25, 0.3) is 0 Å². The molecule has 0 radical (unpaired) electrons. The maximum absolute atomic E-state index is 13.5. The van der Waals surface area contributed by atoms with Gasteiger partial charge in [-0.05, 0) is 70.4 Å². The Labute approximate surface area is 194 Å². The summed E-state index contributed by atoms with van der Waals surface area (Å²) < 4.78 is 0. The van der Waals surface area contributed by atoms with Crippen molar-refractivity contribution in [2.75, 3.05) is 0 Å². The summed E-state index contributed by atoms with van der Waals surface area (Å²) >= 11 is 0. The Hall–Kier alpha value is -2.29. The molecule has 0 bridgehead atoms. The summed E-state index contributed by atoms with van der Waals surface area (Å²) in [6.45, 7) is 17.2. The van der Waals surface area contributed by atoms with Gasteiger partial charge >= 0.3 is 5.97 Å². The molecular weight excluding hydrogens is 396 g/mol. The molecule has 0 fully saturated rings. The van der Waals surface area contributed by atoms with E-state index >= 15 is 0 Å². The van der Waals surface area contributed by atoms with Crippen LogP contribution in [0.4, 0.5) is 0 Å². The zero-order valence-corrected chi connectivity index (χ0v) is 21.3. The van der Waals surface area contributed by atoms with E-state index in [1.807, 2.05) is 6.07 Å².